The van der Waals surface area contributed by atoms with E-state index < -0.39 is 11.8 Å². The minimum atomic E-state index is -1.06. The van der Waals surface area contributed by atoms with Crippen molar-refractivity contribution in [1.82, 2.24) is 9.78 Å². The minimum absolute atomic E-state index is 0.100. The van der Waals surface area contributed by atoms with E-state index in [9.17, 15) is 14.3 Å². The highest BCUT2D eigenvalue weighted by molar-refractivity contribution is 6.20. The first kappa shape index (κ1) is 13.0. The van der Waals surface area contributed by atoms with Crippen molar-refractivity contribution in [2.45, 2.75) is 6.92 Å². The number of carboxylic acid groups (broad SMARTS) is 1. The highest BCUT2D eigenvalue weighted by Gasteiger charge is 2.12. The van der Waals surface area contributed by atoms with Crippen LogP contribution in [0.4, 0.5) is 4.39 Å². The summed E-state index contributed by atoms with van der Waals surface area (Å²) in [4.78, 5) is 11.3. The lowest BCUT2D eigenvalue weighted by Crippen LogP contribution is -2.01. The normalized spacial score (nSPS) is 11.6. The second kappa shape index (κ2) is 5.06. The zero-order chi connectivity index (χ0) is 14.0. The fourth-order valence-corrected chi connectivity index (χ4v) is 1.81. The molecule has 2 rings (SSSR count). The number of hydrogen-bond acceptors (Lipinski definition) is 2. The second-order valence-corrected chi connectivity index (χ2v) is 4.20. The fraction of sp³-hybridized carbons (Fsp3) is 0.143. The summed E-state index contributed by atoms with van der Waals surface area (Å²) in [6.45, 7) is 1.83. The van der Waals surface area contributed by atoms with Crippen molar-refractivity contribution in [2.24, 2.45) is 7.05 Å². The highest BCUT2D eigenvalue weighted by atomic mass is 19.1. The van der Waals surface area contributed by atoms with Crippen LogP contribution in [0.2, 0.25) is 0 Å². The van der Waals surface area contributed by atoms with Crippen LogP contribution in [0.15, 0.2) is 30.3 Å². The summed E-state index contributed by atoms with van der Waals surface area (Å²) >= 11 is 0. The maximum Gasteiger partial charge on any atom is 0.336 e. The molecule has 0 spiro atoms. The Morgan fingerprint density at radius 3 is 2.47 bits per heavy atom. The van der Waals surface area contributed by atoms with Gasteiger partial charge in [-0.15, -0.1) is 0 Å². The van der Waals surface area contributed by atoms with Crippen LogP contribution >= 0.6 is 0 Å². The van der Waals surface area contributed by atoms with Crippen LogP contribution in [0.3, 0.4) is 0 Å². The highest BCUT2D eigenvalue weighted by Crippen LogP contribution is 2.19. The summed E-state index contributed by atoms with van der Waals surface area (Å²) in [7, 11) is 1.74. The van der Waals surface area contributed by atoms with E-state index in [1.54, 1.807) is 17.8 Å². The van der Waals surface area contributed by atoms with E-state index in [2.05, 4.69) is 5.10 Å². The van der Waals surface area contributed by atoms with E-state index in [1.165, 1.54) is 30.3 Å². The first-order chi connectivity index (χ1) is 8.97. The lowest BCUT2D eigenvalue weighted by molar-refractivity contribution is -0.130. The van der Waals surface area contributed by atoms with Crippen molar-refractivity contribution in [3.8, 4) is 0 Å². The number of benzene rings is 1. The van der Waals surface area contributed by atoms with Gasteiger partial charge in [0.2, 0.25) is 0 Å². The number of hydrogen-bond donors (Lipinski definition) is 1. The second-order valence-electron chi connectivity index (χ2n) is 4.20. The molecular formula is C14H13FN2O2. The van der Waals surface area contributed by atoms with E-state index in [0.717, 1.165) is 5.69 Å². The SMILES string of the molecule is Cc1cc(/C=C(\C(=O)O)c2ccc(F)cc2)n(C)n1. The lowest BCUT2D eigenvalue weighted by atomic mass is 10.0. The molecule has 1 N–H and O–H groups in total. The molecule has 0 aliphatic rings. The van der Waals surface area contributed by atoms with E-state index in [1.807, 2.05) is 6.92 Å². The predicted molar refractivity (Wildman–Crippen MR) is 69.9 cm³/mol. The van der Waals surface area contributed by atoms with Crippen LogP contribution < -0.4 is 0 Å². The summed E-state index contributed by atoms with van der Waals surface area (Å²) in [5, 5.41) is 13.4. The van der Waals surface area contributed by atoms with Gasteiger partial charge in [0.1, 0.15) is 5.82 Å². The largest absolute Gasteiger partial charge is 0.478 e. The smallest absolute Gasteiger partial charge is 0.336 e. The van der Waals surface area contributed by atoms with Gasteiger partial charge in [-0.1, -0.05) is 12.1 Å². The van der Waals surface area contributed by atoms with E-state index in [-0.39, 0.29) is 5.57 Å². The molecule has 1 aromatic heterocycles. The molecule has 0 bridgehead atoms. The van der Waals surface area contributed by atoms with Crippen molar-refractivity contribution in [1.29, 1.82) is 0 Å². The standard InChI is InChI=1S/C14H13FN2O2/c1-9-7-12(17(2)16-9)8-13(14(18)19)10-3-5-11(15)6-4-10/h3-8H,1-2H3,(H,18,19)/b13-8-. The third-order valence-electron chi connectivity index (χ3n) is 2.72. The van der Waals surface area contributed by atoms with Gasteiger partial charge in [-0.2, -0.15) is 5.10 Å². The molecule has 0 aliphatic heterocycles. The maximum atomic E-state index is 12.9. The Labute approximate surface area is 109 Å². The summed E-state index contributed by atoms with van der Waals surface area (Å²) in [5.74, 6) is -1.46. The average molecular weight is 260 g/mol. The Morgan fingerprint density at radius 2 is 2.00 bits per heavy atom. The van der Waals surface area contributed by atoms with E-state index in [0.29, 0.717) is 11.3 Å². The van der Waals surface area contributed by atoms with Gasteiger partial charge in [0.05, 0.1) is 17.0 Å². The number of nitrogens with zero attached hydrogens (tertiary/aromatic N) is 2. The minimum Gasteiger partial charge on any atom is -0.478 e. The molecule has 0 aliphatic carbocycles. The molecule has 98 valence electrons. The quantitative estimate of drug-likeness (QED) is 0.863. The maximum absolute atomic E-state index is 12.9. The molecule has 0 unspecified atom stereocenters. The summed E-state index contributed by atoms with van der Waals surface area (Å²) in [6, 6.07) is 7.14. The molecule has 0 atom stereocenters. The number of aliphatic carboxylic acids is 1. The molecule has 0 saturated carbocycles. The number of aryl methyl sites for hydroxylation is 2. The van der Waals surface area contributed by atoms with Gasteiger partial charge >= 0.3 is 5.97 Å². The molecule has 0 amide bonds. The number of halogens is 1. The number of aromatic nitrogens is 2. The Bertz CT molecular complexity index is 642. The molecule has 4 nitrogen and oxygen atoms in total. The third-order valence-corrected chi connectivity index (χ3v) is 2.72. The van der Waals surface area contributed by atoms with Crippen molar-refractivity contribution >= 4 is 17.6 Å². The molecular weight excluding hydrogens is 247 g/mol. The summed E-state index contributed by atoms with van der Waals surface area (Å²) in [5.41, 5.74) is 2.03. The molecule has 19 heavy (non-hydrogen) atoms. The van der Waals surface area contributed by atoms with Gasteiger partial charge in [-0.3, -0.25) is 4.68 Å². The Morgan fingerprint density at radius 1 is 1.37 bits per heavy atom. The summed E-state index contributed by atoms with van der Waals surface area (Å²) < 4.78 is 14.5. The molecule has 0 radical (unpaired) electrons. The zero-order valence-electron chi connectivity index (χ0n) is 10.6. The summed E-state index contributed by atoms with van der Waals surface area (Å²) in [6.07, 6.45) is 1.52. The van der Waals surface area contributed by atoms with Crippen molar-refractivity contribution < 1.29 is 14.3 Å². The molecule has 1 heterocycles. The number of carbonyl (C=O) groups is 1. The zero-order valence-corrected chi connectivity index (χ0v) is 10.6. The molecule has 2 aromatic rings. The number of carboxylic acids is 1. The number of rotatable bonds is 3. The first-order valence-corrected chi connectivity index (χ1v) is 5.69. The molecule has 0 fully saturated rings. The third kappa shape index (κ3) is 2.88. The van der Waals surface area contributed by atoms with Gasteiger partial charge in [0.15, 0.2) is 0 Å². The van der Waals surface area contributed by atoms with Gasteiger partial charge < -0.3 is 5.11 Å². The topological polar surface area (TPSA) is 55.1 Å². The Hall–Kier alpha value is -2.43. The first-order valence-electron chi connectivity index (χ1n) is 5.69. The Balaban J connectivity index is 2.49. The molecule has 0 saturated heterocycles. The van der Waals surface area contributed by atoms with Crippen LogP contribution in [-0.4, -0.2) is 20.9 Å². The van der Waals surface area contributed by atoms with E-state index >= 15 is 0 Å². The van der Waals surface area contributed by atoms with Crippen LogP contribution in [0, 0.1) is 12.7 Å². The van der Waals surface area contributed by atoms with Crippen LogP contribution in [0.1, 0.15) is 17.0 Å². The monoisotopic (exact) mass is 260 g/mol. The molecule has 5 heteroatoms. The van der Waals surface area contributed by atoms with Crippen LogP contribution in [-0.2, 0) is 11.8 Å². The molecule has 1 aromatic carbocycles. The van der Waals surface area contributed by atoms with Crippen molar-refractivity contribution in [2.75, 3.05) is 0 Å². The van der Waals surface area contributed by atoms with Crippen molar-refractivity contribution in [3.05, 3.63) is 53.1 Å². The average Bonchev–Trinajstić information content (AvgIpc) is 2.66. The van der Waals surface area contributed by atoms with Gasteiger partial charge in [0.25, 0.3) is 0 Å². The van der Waals surface area contributed by atoms with E-state index in [4.69, 9.17) is 0 Å². The fourth-order valence-electron chi connectivity index (χ4n) is 1.81. The van der Waals surface area contributed by atoms with Crippen LogP contribution in [0.25, 0.3) is 11.6 Å². The lowest BCUT2D eigenvalue weighted by Gasteiger charge is -2.03. The van der Waals surface area contributed by atoms with Crippen molar-refractivity contribution in [3.63, 3.8) is 0 Å². The van der Waals surface area contributed by atoms with Crippen LogP contribution in [0.5, 0.6) is 0 Å². The van der Waals surface area contributed by atoms with Gasteiger partial charge in [-0.25, -0.2) is 9.18 Å². The Kier molecular flexibility index (Phi) is 3.46. The van der Waals surface area contributed by atoms with Gasteiger partial charge in [0, 0.05) is 7.05 Å². The predicted octanol–water partition coefficient (Wildman–Crippen LogP) is 2.49. The van der Waals surface area contributed by atoms with Gasteiger partial charge in [-0.05, 0) is 36.8 Å².